The molecule has 0 aromatic heterocycles. The Hall–Kier alpha value is -3.36. The molecule has 0 aliphatic carbocycles. The van der Waals surface area contributed by atoms with Crippen LogP contribution >= 0.6 is 11.6 Å². The van der Waals surface area contributed by atoms with E-state index in [1.165, 1.54) is 23.1 Å². The second kappa shape index (κ2) is 8.77. The van der Waals surface area contributed by atoms with Crippen molar-refractivity contribution in [2.75, 3.05) is 11.2 Å². The summed E-state index contributed by atoms with van der Waals surface area (Å²) in [7, 11) is -3.49. The number of anilines is 1. The minimum absolute atomic E-state index is 0.00319. The van der Waals surface area contributed by atoms with Crippen molar-refractivity contribution in [3.63, 3.8) is 0 Å². The monoisotopic (exact) mass is 498 g/mol. The highest BCUT2D eigenvalue weighted by atomic mass is 35.5. The zero-order chi connectivity index (χ0) is 24.7. The van der Waals surface area contributed by atoms with Crippen LogP contribution in [0.3, 0.4) is 0 Å². The summed E-state index contributed by atoms with van der Waals surface area (Å²) in [5.41, 5.74) is -0.315. The van der Waals surface area contributed by atoms with Gasteiger partial charge in [-0.05, 0) is 50.2 Å². The van der Waals surface area contributed by atoms with Crippen LogP contribution in [0.15, 0.2) is 77.7 Å². The summed E-state index contributed by atoms with van der Waals surface area (Å²) < 4.78 is 29.7. The molecule has 0 radical (unpaired) electrons. The Morgan fingerprint density at radius 2 is 1.59 bits per heavy atom. The first-order valence-electron chi connectivity index (χ1n) is 10.5. The number of ether oxygens (including phenoxy) is 1. The number of carbonyl (C=O) groups excluding carboxylic acids is 2. The molecule has 4 rings (SSSR count). The molecule has 0 N–H and O–H groups in total. The van der Waals surface area contributed by atoms with E-state index < -0.39 is 27.3 Å². The van der Waals surface area contributed by atoms with Crippen LogP contribution in [-0.2, 0) is 21.2 Å². The molecule has 34 heavy (non-hydrogen) atoms. The van der Waals surface area contributed by atoms with Crippen molar-refractivity contribution in [3.05, 3.63) is 83.4 Å². The van der Waals surface area contributed by atoms with E-state index in [2.05, 4.69) is 0 Å². The third-order valence-corrected chi connectivity index (χ3v) is 7.10. The zero-order valence-electron chi connectivity index (χ0n) is 18.9. The summed E-state index contributed by atoms with van der Waals surface area (Å²) in [4.78, 5) is 29.2. The third-order valence-electron chi connectivity index (χ3n) is 5.68. The Kier molecular flexibility index (Phi) is 6.14. The topological polar surface area (TPSA) is 84.0 Å². The van der Waals surface area contributed by atoms with Gasteiger partial charge in [0.15, 0.2) is 9.84 Å². The lowest BCUT2D eigenvalue weighted by Gasteiger charge is -2.28. The number of benzene rings is 3. The Morgan fingerprint density at radius 3 is 2.24 bits per heavy atom. The minimum atomic E-state index is -3.49. The van der Waals surface area contributed by atoms with Gasteiger partial charge in [-0.25, -0.2) is 18.1 Å². The van der Waals surface area contributed by atoms with Crippen LogP contribution in [0.5, 0.6) is 11.5 Å². The number of hydrogen-bond acceptors (Lipinski definition) is 5. The minimum Gasteiger partial charge on any atom is -0.457 e. The maximum atomic E-state index is 13.5. The lowest BCUT2D eigenvalue weighted by molar-refractivity contribution is -0.123. The van der Waals surface area contributed by atoms with Crippen molar-refractivity contribution in [2.45, 2.75) is 30.8 Å². The fourth-order valence-electron chi connectivity index (χ4n) is 3.73. The summed E-state index contributed by atoms with van der Waals surface area (Å²) in [5, 5.41) is -0.00455. The van der Waals surface area contributed by atoms with Crippen molar-refractivity contribution in [1.29, 1.82) is 0 Å². The zero-order valence-corrected chi connectivity index (χ0v) is 20.4. The SMILES string of the molecule is CC1(C)C(=O)N(c2ccc(S(C)(=O)=O)cc2Cl)C(=O)N1Cc1ccccc1Oc1ccccc1. The second-order valence-electron chi connectivity index (χ2n) is 8.48. The predicted molar refractivity (Wildman–Crippen MR) is 130 cm³/mol. The van der Waals surface area contributed by atoms with Gasteiger partial charge < -0.3 is 9.64 Å². The fraction of sp³-hybridized carbons (Fsp3) is 0.200. The van der Waals surface area contributed by atoms with E-state index in [4.69, 9.17) is 16.3 Å². The molecule has 1 fully saturated rings. The first kappa shape index (κ1) is 23.8. The molecule has 3 amide bonds. The molecule has 1 aliphatic heterocycles. The van der Waals surface area contributed by atoms with Crippen molar-refractivity contribution in [3.8, 4) is 11.5 Å². The summed E-state index contributed by atoms with van der Waals surface area (Å²) in [6.45, 7) is 3.44. The predicted octanol–water partition coefficient (Wildman–Crippen LogP) is 5.28. The highest BCUT2D eigenvalue weighted by Crippen LogP contribution is 2.38. The van der Waals surface area contributed by atoms with Crippen molar-refractivity contribution in [2.24, 2.45) is 0 Å². The molecule has 0 bridgehead atoms. The molecular formula is C25H23ClN2O5S. The average molecular weight is 499 g/mol. The summed E-state index contributed by atoms with van der Waals surface area (Å²) in [6.07, 6.45) is 1.06. The van der Waals surface area contributed by atoms with E-state index in [-0.39, 0.29) is 22.2 Å². The van der Waals surface area contributed by atoms with E-state index in [1.54, 1.807) is 19.9 Å². The molecule has 0 atom stereocenters. The number of amides is 3. The molecule has 3 aromatic carbocycles. The Morgan fingerprint density at radius 1 is 0.941 bits per heavy atom. The van der Waals surface area contributed by atoms with Gasteiger partial charge in [-0.3, -0.25) is 4.79 Å². The summed E-state index contributed by atoms with van der Waals surface area (Å²) in [5.74, 6) is 0.754. The molecule has 3 aromatic rings. The molecule has 1 aliphatic rings. The highest BCUT2D eigenvalue weighted by Gasteiger charge is 2.52. The van der Waals surface area contributed by atoms with Crippen LogP contribution in [0, 0.1) is 0 Å². The first-order valence-corrected chi connectivity index (χ1v) is 12.7. The average Bonchev–Trinajstić information content (AvgIpc) is 2.94. The van der Waals surface area contributed by atoms with Gasteiger partial charge in [-0.2, -0.15) is 0 Å². The Labute approximate surface area is 203 Å². The van der Waals surface area contributed by atoms with Crippen molar-refractivity contribution < 1.29 is 22.7 Å². The van der Waals surface area contributed by atoms with Crippen LogP contribution in [-0.4, -0.2) is 37.1 Å². The van der Waals surface area contributed by atoms with Crippen LogP contribution < -0.4 is 9.64 Å². The fourth-order valence-corrected chi connectivity index (χ4v) is 4.71. The van der Waals surface area contributed by atoms with Crippen LogP contribution in [0.1, 0.15) is 19.4 Å². The van der Waals surface area contributed by atoms with Crippen LogP contribution in [0.4, 0.5) is 10.5 Å². The molecule has 0 spiro atoms. The van der Waals surface area contributed by atoms with Gasteiger partial charge in [0, 0.05) is 11.8 Å². The molecule has 176 valence electrons. The first-order chi connectivity index (χ1) is 16.0. The van der Waals surface area contributed by atoms with Gasteiger partial charge in [-0.15, -0.1) is 0 Å². The third kappa shape index (κ3) is 4.38. The van der Waals surface area contributed by atoms with Crippen molar-refractivity contribution in [1.82, 2.24) is 4.90 Å². The number of para-hydroxylation sites is 2. The number of rotatable bonds is 6. The van der Waals surface area contributed by atoms with E-state index >= 15 is 0 Å². The van der Waals surface area contributed by atoms with Gasteiger partial charge in [-0.1, -0.05) is 48.0 Å². The number of nitrogens with zero attached hydrogens (tertiary/aromatic N) is 2. The molecule has 0 saturated carbocycles. The lowest BCUT2D eigenvalue weighted by Crippen LogP contribution is -2.43. The molecule has 0 unspecified atom stereocenters. The van der Waals surface area contributed by atoms with Gasteiger partial charge in [0.1, 0.15) is 17.0 Å². The number of urea groups is 1. The maximum absolute atomic E-state index is 13.5. The Balaban J connectivity index is 1.67. The number of halogens is 1. The standard InChI is InChI=1S/C25H23ClN2O5S/c1-25(2)23(29)28(21-14-13-19(15-20(21)26)34(3,31)32)24(30)27(25)16-17-9-7-8-12-22(17)33-18-10-5-4-6-11-18/h4-15H,16H2,1-3H3. The van der Waals surface area contributed by atoms with Gasteiger partial charge >= 0.3 is 6.03 Å². The van der Waals surface area contributed by atoms with Gasteiger partial charge in [0.2, 0.25) is 0 Å². The van der Waals surface area contributed by atoms with Crippen LogP contribution in [0.2, 0.25) is 5.02 Å². The molecule has 1 saturated heterocycles. The van der Waals surface area contributed by atoms with E-state index in [0.717, 1.165) is 16.7 Å². The lowest BCUT2D eigenvalue weighted by atomic mass is 10.0. The number of carbonyl (C=O) groups is 2. The number of hydrogen-bond donors (Lipinski definition) is 0. The molecule has 7 nitrogen and oxygen atoms in total. The van der Waals surface area contributed by atoms with Crippen molar-refractivity contribution >= 4 is 39.1 Å². The summed E-state index contributed by atoms with van der Waals surface area (Å²) in [6, 6.07) is 20.0. The normalized spacial score (nSPS) is 15.6. The highest BCUT2D eigenvalue weighted by molar-refractivity contribution is 7.90. The molecule has 9 heteroatoms. The van der Waals surface area contributed by atoms with E-state index in [0.29, 0.717) is 11.5 Å². The Bertz CT molecular complexity index is 1370. The van der Waals surface area contributed by atoms with Gasteiger partial charge in [0.05, 0.1) is 22.2 Å². The number of sulfone groups is 1. The summed E-state index contributed by atoms with van der Waals surface area (Å²) >= 11 is 6.31. The quantitative estimate of drug-likeness (QED) is 0.431. The molecular weight excluding hydrogens is 476 g/mol. The molecule has 1 heterocycles. The maximum Gasteiger partial charge on any atom is 0.332 e. The second-order valence-corrected chi connectivity index (χ2v) is 10.9. The van der Waals surface area contributed by atoms with E-state index in [1.807, 2.05) is 48.5 Å². The van der Waals surface area contributed by atoms with Gasteiger partial charge in [0.25, 0.3) is 5.91 Å². The largest absolute Gasteiger partial charge is 0.457 e. The smallest absolute Gasteiger partial charge is 0.332 e. The van der Waals surface area contributed by atoms with E-state index in [9.17, 15) is 18.0 Å². The van der Waals surface area contributed by atoms with Crippen LogP contribution in [0.25, 0.3) is 0 Å². The number of imide groups is 1.